The minimum atomic E-state index is 0.0812. The largest absolute Gasteiger partial charge is 0.306 e. The molecule has 1 aromatic carbocycles. The third kappa shape index (κ3) is 4.00. The van der Waals surface area contributed by atoms with E-state index in [1.54, 1.807) is 11.3 Å². The average molecular weight is 296 g/mol. The van der Waals surface area contributed by atoms with E-state index < -0.39 is 0 Å². The molecule has 0 aliphatic rings. The zero-order valence-electron chi connectivity index (χ0n) is 11.6. The summed E-state index contributed by atoms with van der Waals surface area (Å²) in [5.74, 6) is 0. The van der Waals surface area contributed by atoms with Crippen LogP contribution < -0.4 is 5.32 Å². The van der Waals surface area contributed by atoms with Crippen molar-refractivity contribution in [3.8, 4) is 10.6 Å². The van der Waals surface area contributed by atoms with Crippen molar-refractivity contribution >= 4 is 22.9 Å². The van der Waals surface area contributed by atoms with Crippen LogP contribution in [-0.2, 0) is 6.54 Å². The first kappa shape index (κ1) is 14.4. The Labute approximate surface area is 123 Å². The van der Waals surface area contributed by atoms with Crippen molar-refractivity contribution in [2.45, 2.75) is 39.8 Å². The van der Waals surface area contributed by atoms with Crippen molar-refractivity contribution in [1.82, 2.24) is 15.5 Å². The van der Waals surface area contributed by atoms with Crippen LogP contribution in [0.15, 0.2) is 18.2 Å². The molecule has 102 valence electrons. The molecule has 0 atom stereocenters. The van der Waals surface area contributed by atoms with Gasteiger partial charge in [-0.15, -0.1) is 10.2 Å². The molecule has 19 heavy (non-hydrogen) atoms. The van der Waals surface area contributed by atoms with E-state index >= 15 is 0 Å². The summed E-state index contributed by atoms with van der Waals surface area (Å²) in [5.41, 5.74) is 2.31. The number of hydrogen-bond donors (Lipinski definition) is 1. The van der Waals surface area contributed by atoms with Gasteiger partial charge in [0, 0.05) is 16.1 Å². The van der Waals surface area contributed by atoms with Crippen LogP contribution >= 0.6 is 22.9 Å². The quantitative estimate of drug-likeness (QED) is 0.928. The molecule has 0 fully saturated rings. The third-order valence-corrected chi connectivity index (χ3v) is 3.86. The Bertz CT molecular complexity index is 572. The number of halogens is 1. The molecule has 0 saturated carbocycles. The van der Waals surface area contributed by atoms with E-state index in [1.807, 2.05) is 18.2 Å². The van der Waals surface area contributed by atoms with Crippen LogP contribution in [0.1, 0.15) is 31.3 Å². The summed E-state index contributed by atoms with van der Waals surface area (Å²) in [5, 5.41) is 14.5. The second-order valence-electron chi connectivity index (χ2n) is 5.56. The molecule has 0 aliphatic heterocycles. The topological polar surface area (TPSA) is 37.8 Å². The lowest BCUT2D eigenvalue weighted by Gasteiger charge is -2.19. The van der Waals surface area contributed by atoms with E-state index in [0.717, 1.165) is 32.7 Å². The Morgan fingerprint density at radius 3 is 2.68 bits per heavy atom. The fraction of sp³-hybridized carbons (Fsp3) is 0.429. The van der Waals surface area contributed by atoms with Crippen molar-refractivity contribution in [2.24, 2.45) is 0 Å². The third-order valence-electron chi connectivity index (χ3n) is 2.67. The zero-order valence-corrected chi connectivity index (χ0v) is 13.2. The minimum Gasteiger partial charge on any atom is -0.306 e. The Kier molecular flexibility index (Phi) is 4.23. The lowest BCUT2D eigenvalue weighted by Crippen LogP contribution is -2.35. The van der Waals surface area contributed by atoms with Gasteiger partial charge in [-0.25, -0.2) is 0 Å². The van der Waals surface area contributed by atoms with Gasteiger partial charge in [0.1, 0.15) is 10.0 Å². The van der Waals surface area contributed by atoms with E-state index in [1.165, 1.54) is 0 Å². The maximum Gasteiger partial charge on any atom is 0.148 e. The monoisotopic (exact) mass is 295 g/mol. The molecule has 2 aromatic rings. The highest BCUT2D eigenvalue weighted by Gasteiger charge is 2.13. The normalized spacial score (nSPS) is 11.8. The van der Waals surface area contributed by atoms with Crippen LogP contribution in [0.4, 0.5) is 0 Å². The lowest BCUT2D eigenvalue weighted by molar-refractivity contribution is 0.423. The van der Waals surface area contributed by atoms with Gasteiger partial charge >= 0.3 is 0 Å². The Morgan fingerprint density at radius 1 is 1.26 bits per heavy atom. The average Bonchev–Trinajstić information content (AvgIpc) is 2.77. The summed E-state index contributed by atoms with van der Waals surface area (Å²) in [4.78, 5) is 0. The number of nitrogens with zero attached hydrogens (tertiary/aromatic N) is 2. The first-order valence-corrected chi connectivity index (χ1v) is 7.38. The van der Waals surface area contributed by atoms with Gasteiger partial charge in [0.05, 0.1) is 6.54 Å². The van der Waals surface area contributed by atoms with Gasteiger partial charge in [0.2, 0.25) is 0 Å². The van der Waals surface area contributed by atoms with Gasteiger partial charge in [-0.3, -0.25) is 0 Å². The summed E-state index contributed by atoms with van der Waals surface area (Å²) in [7, 11) is 0. The molecule has 0 radical (unpaired) electrons. The van der Waals surface area contributed by atoms with Crippen molar-refractivity contribution in [3.63, 3.8) is 0 Å². The molecule has 0 spiro atoms. The molecule has 2 rings (SSSR count). The summed E-state index contributed by atoms with van der Waals surface area (Å²) in [6.45, 7) is 9.20. The Balaban J connectivity index is 2.19. The standard InChI is InChI=1S/C14H18ClN3S/c1-9-5-6-10(15)7-11(9)13-18-17-12(19-13)8-16-14(2,3)4/h5-7,16H,8H2,1-4H3. The van der Waals surface area contributed by atoms with Crippen molar-refractivity contribution < 1.29 is 0 Å². The number of aromatic nitrogens is 2. The number of rotatable bonds is 3. The van der Waals surface area contributed by atoms with E-state index in [0.29, 0.717) is 0 Å². The Morgan fingerprint density at radius 2 is 2.00 bits per heavy atom. The van der Waals surface area contributed by atoms with E-state index in [2.05, 4.69) is 43.2 Å². The molecule has 0 unspecified atom stereocenters. The highest BCUT2D eigenvalue weighted by molar-refractivity contribution is 7.14. The van der Waals surface area contributed by atoms with E-state index in [4.69, 9.17) is 11.6 Å². The van der Waals surface area contributed by atoms with Gasteiger partial charge in [0.25, 0.3) is 0 Å². The predicted octanol–water partition coefficient (Wildman–Crippen LogP) is 4.06. The molecule has 0 bridgehead atoms. The zero-order chi connectivity index (χ0) is 14.0. The van der Waals surface area contributed by atoms with Crippen LogP contribution in [0.25, 0.3) is 10.6 Å². The van der Waals surface area contributed by atoms with Crippen LogP contribution in [0.3, 0.4) is 0 Å². The second kappa shape index (κ2) is 5.57. The highest BCUT2D eigenvalue weighted by Crippen LogP contribution is 2.29. The van der Waals surface area contributed by atoms with Crippen LogP contribution in [0.2, 0.25) is 5.02 Å². The maximum atomic E-state index is 6.04. The lowest BCUT2D eigenvalue weighted by atomic mass is 10.1. The molecular formula is C14H18ClN3S. The fourth-order valence-electron chi connectivity index (χ4n) is 1.60. The first-order valence-electron chi connectivity index (χ1n) is 6.19. The molecule has 0 saturated heterocycles. The van der Waals surface area contributed by atoms with Gasteiger partial charge in [-0.2, -0.15) is 0 Å². The number of nitrogens with one attached hydrogen (secondary N) is 1. The van der Waals surface area contributed by atoms with Crippen molar-refractivity contribution in [1.29, 1.82) is 0 Å². The summed E-state index contributed by atoms with van der Waals surface area (Å²) < 4.78 is 0. The maximum absolute atomic E-state index is 6.04. The fourth-order valence-corrected chi connectivity index (χ4v) is 2.63. The summed E-state index contributed by atoms with van der Waals surface area (Å²) in [6, 6.07) is 5.84. The van der Waals surface area contributed by atoms with Crippen LogP contribution in [-0.4, -0.2) is 15.7 Å². The molecular weight excluding hydrogens is 278 g/mol. The van der Waals surface area contributed by atoms with Gasteiger partial charge in [0.15, 0.2) is 0 Å². The first-order chi connectivity index (χ1) is 8.85. The number of hydrogen-bond acceptors (Lipinski definition) is 4. The summed E-state index contributed by atoms with van der Waals surface area (Å²) in [6.07, 6.45) is 0. The van der Waals surface area contributed by atoms with Gasteiger partial charge in [-0.1, -0.05) is 29.0 Å². The summed E-state index contributed by atoms with van der Waals surface area (Å²) >= 11 is 7.64. The smallest absolute Gasteiger partial charge is 0.148 e. The molecule has 0 amide bonds. The highest BCUT2D eigenvalue weighted by atomic mass is 35.5. The second-order valence-corrected chi connectivity index (χ2v) is 7.06. The number of aryl methyl sites for hydroxylation is 1. The van der Waals surface area contributed by atoms with Crippen LogP contribution in [0.5, 0.6) is 0 Å². The molecule has 3 nitrogen and oxygen atoms in total. The molecule has 5 heteroatoms. The van der Waals surface area contributed by atoms with E-state index in [-0.39, 0.29) is 5.54 Å². The van der Waals surface area contributed by atoms with Crippen molar-refractivity contribution in [3.05, 3.63) is 33.8 Å². The molecule has 1 aromatic heterocycles. The SMILES string of the molecule is Cc1ccc(Cl)cc1-c1nnc(CNC(C)(C)C)s1. The Hall–Kier alpha value is -0.970. The van der Waals surface area contributed by atoms with E-state index in [9.17, 15) is 0 Å². The van der Waals surface area contributed by atoms with Crippen molar-refractivity contribution in [2.75, 3.05) is 0 Å². The number of benzene rings is 1. The van der Waals surface area contributed by atoms with Gasteiger partial charge in [-0.05, 0) is 45.4 Å². The van der Waals surface area contributed by atoms with Gasteiger partial charge < -0.3 is 5.32 Å². The molecule has 1 N–H and O–H groups in total. The minimum absolute atomic E-state index is 0.0812. The molecule has 0 aliphatic carbocycles. The predicted molar refractivity (Wildman–Crippen MR) is 81.7 cm³/mol. The molecule has 1 heterocycles. The van der Waals surface area contributed by atoms with Crippen LogP contribution in [0, 0.1) is 6.92 Å².